The van der Waals surface area contributed by atoms with Gasteiger partial charge in [-0.1, -0.05) is 55.1 Å². The second kappa shape index (κ2) is 5.87. The summed E-state index contributed by atoms with van der Waals surface area (Å²) in [5.74, 6) is 0.0634. The monoisotopic (exact) mass is 288 g/mol. The van der Waals surface area contributed by atoms with Crippen molar-refractivity contribution in [3.63, 3.8) is 0 Å². The van der Waals surface area contributed by atoms with E-state index in [1.165, 1.54) is 17.2 Å². The molecule has 0 aromatic heterocycles. The molecule has 0 radical (unpaired) electrons. The number of benzene rings is 2. The predicted octanol–water partition coefficient (Wildman–Crippen LogP) is 3.90. The van der Waals surface area contributed by atoms with Gasteiger partial charge in [0.15, 0.2) is 5.69 Å². The van der Waals surface area contributed by atoms with Crippen molar-refractivity contribution in [3.05, 3.63) is 89.3 Å². The number of carbonyl (C=O) groups is 1. The first kappa shape index (κ1) is 14.1. The van der Waals surface area contributed by atoms with Crippen LogP contribution in [0.2, 0.25) is 0 Å². The van der Waals surface area contributed by atoms with E-state index in [2.05, 4.69) is 23.6 Å². The zero-order chi connectivity index (χ0) is 15.5. The average Bonchev–Trinajstić information content (AvgIpc) is 2.60. The van der Waals surface area contributed by atoms with Crippen molar-refractivity contribution in [2.24, 2.45) is 0 Å². The molecule has 1 heterocycles. The van der Waals surface area contributed by atoms with Crippen molar-refractivity contribution in [2.75, 3.05) is 6.54 Å². The van der Waals surface area contributed by atoms with Crippen molar-refractivity contribution in [2.45, 2.75) is 12.5 Å². The number of rotatable bonds is 2. The number of hydrogen-bond acceptors (Lipinski definition) is 1. The summed E-state index contributed by atoms with van der Waals surface area (Å²) < 4.78 is 0. The average molecular weight is 288 g/mol. The molecule has 0 saturated carbocycles. The number of hydrogen-bond donors (Lipinski definition) is 0. The summed E-state index contributed by atoms with van der Waals surface area (Å²) in [7, 11) is 0. The summed E-state index contributed by atoms with van der Waals surface area (Å²) in [4.78, 5) is 17.3. The third-order valence-electron chi connectivity index (χ3n) is 4.08. The lowest BCUT2D eigenvalue weighted by Gasteiger charge is -2.34. The second-order valence-electron chi connectivity index (χ2n) is 5.38. The topological polar surface area (TPSA) is 24.7 Å². The summed E-state index contributed by atoms with van der Waals surface area (Å²) in [5.41, 5.74) is 4.04. The zero-order valence-corrected chi connectivity index (χ0v) is 12.2. The molecule has 1 amide bonds. The fourth-order valence-corrected chi connectivity index (χ4v) is 2.99. The Balaban J connectivity index is 2.08. The number of amides is 1. The normalized spacial score (nSPS) is 16.5. The summed E-state index contributed by atoms with van der Waals surface area (Å²) in [6, 6.07) is 15.9. The van der Waals surface area contributed by atoms with Crippen molar-refractivity contribution in [3.8, 4) is 0 Å². The van der Waals surface area contributed by atoms with Crippen LogP contribution in [0.25, 0.3) is 4.85 Å². The lowest BCUT2D eigenvalue weighted by atomic mass is 9.84. The Morgan fingerprint density at radius 1 is 1.27 bits per heavy atom. The van der Waals surface area contributed by atoms with Crippen LogP contribution in [0.5, 0.6) is 0 Å². The van der Waals surface area contributed by atoms with Gasteiger partial charge in [-0.15, -0.1) is 0 Å². The molecule has 2 aromatic rings. The van der Waals surface area contributed by atoms with Gasteiger partial charge in [0.1, 0.15) is 0 Å². The Morgan fingerprint density at radius 3 is 2.73 bits per heavy atom. The van der Waals surface area contributed by atoms with Crippen LogP contribution in [0.3, 0.4) is 0 Å². The van der Waals surface area contributed by atoms with Crippen LogP contribution in [0.15, 0.2) is 61.2 Å². The van der Waals surface area contributed by atoms with Crippen LogP contribution >= 0.6 is 0 Å². The quantitative estimate of drug-likeness (QED) is 0.607. The lowest BCUT2D eigenvalue weighted by molar-refractivity contribution is -0.127. The number of carbonyl (C=O) groups excluding carboxylic acids is 1. The van der Waals surface area contributed by atoms with Gasteiger partial charge in [-0.25, -0.2) is 4.85 Å². The van der Waals surface area contributed by atoms with Crippen LogP contribution in [-0.2, 0) is 11.3 Å². The van der Waals surface area contributed by atoms with Crippen LogP contribution in [-0.4, -0.2) is 17.4 Å². The highest BCUT2D eigenvalue weighted by molar-refractivity contribution is 5.87. The molecule has 2 aromatic carbocycles. The van der Waals surface area contributed by atoms with Gasteiger partial charge in [0.2, 0.25) is 5.91 Å². The first-order valence-electron chi connectivity index (χ1n) is 7.19. The molecule has 1 atom stereocenters. The smallest absolute Gasteiger partial charge is 0.246 e. The van der Waals surface area contributed by atoms with Gasteiger partial charge >= 0.3 is 0 Å². The molecule has 0 unspecified atom stereocenters. The summed E-state index contributed by atoms with van der Waals surface area (Å²) in [5, 5.41) is 0. The molecule has 22 heavy (non-hydrogen) atoms. The highest BCUT2D eigenvalue weighted by Gasteiger charge is 2.28. The van der Waals surface area contributed by atoms with Gasteiger partial charge in [-0.2, -0.15) is 0 Å². The Bertz CT molecular complexity index is 759. The zero-order valence-electron chi connectivity index (χ0n) is 12.2. The van der Waals surface area contributed by atoms with E-state index >= 15 is 0 Å². The van der Waals surface area contributed by atoms with Gasteiger partial charge in [0, 0.05) is 19.0 Å². The molecule has 0 spiro atoms. The van der Waals surface area contributed by atoms with Crippen LogP contribution < -0.4 is 0 Å². The Hall–Kier alpha value is -2.86. The molecule has 0 fully saturated rings. The molecular formula is C19H16N2O. The van der Waals surface area contributed by atoms with E-state index in [4.69, 9.17) is 6.57 Å². The van der Waals surface area contributed by atoms with E-state index < -0.39 is 0 Å². The van der Waals surface area contributed by atoms with Gasteiger partial charge in [-0.3, -0.25) is 4.79 Å². The Morgan fingerprint density at radius 2 is 2.05 bits per heavy atom. The van der Waals surface area contributed by atoms with Gasteiger partial charge < -0.3 is 4.90 Å². The summed E-state index contributed by atoms with van der Waals surface area (Å²) >= 11 is 0. The van der Waals surface area contributed by atoms with Crippen LogP contribution in [0.4, 0.5) is 5.69 Å². The van der Waals surface area contributed by atoms with Gasteiger partial charge in [-0.05, 0) is 22.8 Å². The molecular weight excluding hydrogens is 272 g/mol. The molecule has 3 rings (SSSR count). The largest absolute Gasteiger partial charge is 0.334 e. The van der Waals surface area contributed by atoms with E-state index in [0.717, 1.165) is 5.56 Å². The minimum absolute atomic E-state index is 0.0696. The van der Waals surface area contributed by atoms with Crippen molar-refractivity contribution in [1.82, 2.24) is 4.90 Å². The highest BCUT2D eigenvalue weighted by atomic mass is 16.2. The van der Waals surface area contributed by atoms with Crippen molar-refractivity contribution < 1.29 is 4.79 Å². The van der Waals surface area contributed by atoms with Gasteiger partial charge in [0.25, 0.3) is 0 Å². The first-order valence-corrected chi connectivity index (χ1v) is 7.19. The molecule has 0 aliphatic carbocycles. The molecule has 3 nitrogen and oxygen atoms in total. The lowest BCUT2D eigenvalue weighted by Crippen LogP contribution is -2.37. The highest BCUT2D eigenvalue weighted by Crippen LogP contribution is 2.35. The predicted molar refractivity (Wildman–Crippen MR) is 86.6 cm³/mol. The molecule has 0 N–H and O–H groups in total. The third kappa shape index (κ3) is 2.51. The Labute approximate surface area is 130 Å². The Kier molecular flexibility index (Phi) is 3.76. The van der Waals surface area contributed by atoms with Crippen molar-refractivity contribution in [1.29, 1.82) is 0 Å². The van der Waals surface area contributed by atoms with Crippen LogP contribution in [0, 0.1) is 6.57 Å². The molecule has 3 heteroatoms. The molecule has 1 aliphatic rings. The van der Waals surface area contributed by atoms with E-state index in [-0.39, 0.29) is 11.8 Å². The molecule has 0 bridgehead atoms. The number of nitrogens with zero attached hydrogens (tertiary/aromatic N) is 2. The summed E-state index contributed by atoms with van der Waals surface area (Å²) in [6.45, 7) is 11.9. The maximum Gasteiger partial charge on any atom is 0.246 e. The second-order valence-corrected chi connectivity index (χ2v) is 5.38. The first-order chi connectivity index (χ1) is 10.7. The maximum atomic E-state index is 12.1. The van der Waals surface area contributed by atoms with E-state index in [0.29, 0.717) is 18.8 Å². The van der Waals surface area contributed by atoms with Crippen molar-refractivity contribution >= 4 is 11.6 Å². The van der Waals surface area contributed by atoms with E-state index in [1.54, 1.807) is 4.90 Å². The minimum atomic E-state index is -0.0696. The van der Waals surface area contributed by atoms with Gasteiger partial charge in [0.05, 0.1) is 6.57 Å². The SMILES string of the molecule is [C-]#[N+]c1ccc2c(c1)CN(C(=O)C=C)C[C@H]2c1ccccc1. The standard InChI is InChI=1S/C19H16N2O/c1-3-19(22)21-12-15-11-16(20-2)9-10-17(15)18(13-21)14-7-5-4-6-8-14/h3-11,18H,1,12-13H2/t18-/m0/s1. The third-order valence-corrected chi connectivity index (χ3v) is 4.08. The molecule has 0 saturated heterocycles. The van der Waals surface area contributed by atoms with E-state index in [1.807, 2.05) is 36.4 Å². The number of fused-ring (bicyclic) bond motifs is 1. The van der Waals surface area contributed by atoms with Crippen LogP contribution in [0.1, 0.15) is 22.6 Å². The summed E-state index contributed by atoms with van der Waals surface area (Å²) in [6.07, 6.45) is 1.35. The molecule has 1 aliphatic heterocycles. The fraction of sp³-hybridized carbons (Fsp3) is 0.158. The minimum Gasteiger partial charge on any atom is -0.334 e. The molecule has 108 valence electrons. The fourth-order valence-electron chi connectivity index (χ4n) is 2.99. The van der Waals surface area contributed by atoms with E-state index in [9.17, 15) is 4.79 Å². The maximum absolute atomic E-state index is 12.1.